The Bertz CT molecular complexity index is 443. The molecule has 1 aromatic rings. The van der Waals surface area contributed by atoms with Gasteiger partial charge in [0, 0.05) is 25.2 Å². The van der Waals surface area contributed by atoms with Gasteiger partial charge in [-0.1, -0.05) is 13.0 Å². The van der Waals surface area contributed by atoms with Crippen LogP contribution in [0.3, 0.4) is 0 Å². The lowest BCUT2D eigenvalue weighted by atomic mass is 10.1. The van der Waals surface area contributed by atoms with Crippen molar-refractivity contribution in [3.8, 4) is 0 Å². The molecule has 0 aromatic heterocycles. The van der Waals surface area contributed by atoms with Crippen LogP contribution in [0.15, 0.2) is 18.2 Å². The summed E-state index contributed by atoms with van der Waals surface area (Å²) in [4.78, 5) is 14.2. The molecule has 1 heterocycles. The van der Waals surface area contributed by atoms with Crippen molar-refractivity contribution in [2.24, 2.45) is 0 Å². The average Bonchev–Trinajstić information content (AvgIpc) is 2.29. The Morgan fingerprint density at radius 2 is 2.22 bits per heavy atom. The number of carbonyl (C=O) groups is 1. The summed E-state index contributed by atoms with van der Waals surface area (Å²) in [6.45, 7) is 6.13. The summed E-state index contributed by atoms with van der Waals surface area (Å²) in [6.07, 6.45) is 0.913. The third-order valence-corrected chi connectivity index (χ3v) is 3.34. The van der Waals surface area contributed by atoms with Gasteiger partial charge in [0.15, 0.2) is 0 Å². The number of aryl methyl sites for hydroxylation is 1. The van der Waals surface area contributed by atoms with E-state index in [9.17, 15) is 9.18 Å². The van der Waals surface area contributed by atoms with Crippen molar-refractivity contribution < 1.29 is 9.18 Å². The van der Waals surface area contributed by atoms with Crippen molar-refractivity contribution in [2.45, 2.75) is 26.3 Å². The van der Waals surface area contributed by atoms with E-state index in [1.54, 1.807) is 19.1 Å². The summed E-state index contributed by atoms with van der Waals surface area (Å²) in [5, 5.41) is 3.16. The average molecular weight is 250 g/mol. The molecule has 0 aliphatic carbocycles. The van der Waals surface area contributed by atoms with Crippen molar-refractivity contribution in [2.75, 3.05) is 19.6 Å². The van der Waals surface area contributed by atoms with Gasteiger partial charge in [-0.15, -0.1) is 0 Å². The quantitative estimate of drug-likeness (QED) is 0.886. The second-order valence-electron chi connectivity index (χ2n) is 4.77. The maximum Gasteiger partial charge on any atom is 0.254 e. The minimum atomic E-state index is -0.316. The van der Waals surface area contributed by atoms with E-state index in [4.69, 9.17) is 0 Å². The fraction of sp³-hybridized carbons (Fsp3) is 0.500. The molecule has 1 aliphatic heterocycles. The van der Waals surface area contributed by atoms with Gasteiger partial charge in [-0.05, 0) is 31.0 Å². The summed E-state index contributed by atoms with van der Waals surface area (Å²) in [7, 11) is 0. The number of nitrogens with zero attached hydrogens (tertiary/aromatic N) is 1. The van der Waals surface area contributed by atoms with E-state index < -0.39 is 0 Å². The van der Waals surface area contributed by atoms with E-state index >= 15 is 0 Å². The molecule has 1 fully saturated rings. The largest absolute Gasteiger partial charge is 0.333 e. The van der Waals surface area contributed by atoms with Crippen LogP contribution in [0.5, 0.6) is 0 Å². The number of rotatable bonds is 4. The van der Waals surface area contributed by atoms with Gasteiger partial charge in [0.25, 0.3) is 5.91 Å². The monoisotopic (exact) mass is 250 g/mol. The number of hydrogen-bond acceptors (Lipinski definition) is 2. The number of halogens is 1. The summed E-state index contributed by atoms with van der Waals surface area (Å²) >= 11 is 0. The lowest BCUT2D eigenvalue weighted by molar-refractivity contribution is 0.0615. The SMILES string of the molecule is CCCN(C(=O)c1ccc(C)c(F)c1)C1CNC1. The van der Waals surface area contributed by atoms with Gasteiger partial charge < -0.3 is 10.2 Å². The van der Waals surface area contributed by atoms with Crippen LogP contribution in [0.1, 0.15) is 29.3 Å². The van der Waals surface area contributed by atoms with E-state index in [0.29, 0.717) is 11.1 Å². The predicted molar refractivity (Wildman–Crippen MR) is 69.1 cm³/mol. The molecule has 1 saturated heterocycles. The first-order chi connectivity index (χ1) is 8.63. The molecule has 1 amide bonds. The van der Waals surface area contributed by atoms with Crippen LogP contribution in [0.2, 0.25) is 0 Å². The van der Waals surface area contributed by atoms with Gasteiger partial charge in [0.2, 0.25) is 0 Å². The van der Waals surface area contributed by atoms with E-state index in [1.165, 1.54) is 6.07 Å². The van der Waals surface area contributed by atoms with Gasteiger partial charge in [0.05, 0.1) is 6.04 Å². The molecular weight excluding hydrogens is 231 g/mol. The summed E-state index contributed by atoms with van der Waals surface area (Å²) in [6, 6.07) is 4.95. The smallest absolute Gasteiger partial charge is 0.254 e. The van der Waals surface area contributed by atoms with E-state index in [2.05, 4.69) is 5.32 Å². The van der Waals surface area contributed by atoms with Gasteiger partial charge in [-0.25, -0.2) is 4.39 Å². The summed E-state index contributed by atoms with van der Waals surface area (Å²) in [5.41, 5.74) is 1.01. The zero-order chi connectivity index (χ0) is 13.1. The third kappa shape index (κ3) is 2.53. The Kier molecular flexibility index (Phi) is 3.97. The highest BCUT2D eigenvalue weighted by Gasteiger charge is 2.28. The zero-order valence-electron chi connectivity index (χ0n) is 10.9. The van der Waals surface area contributed by atoms with Crippen molar-refractivity contribution in [3.05, 3.63) is 35.1 Å². The normalized spacial score (nSPS) is 15.3. The van der Waals surface area contributed by atoms with Crippen molar-refractivity contribution in [1.29, 1.82) is 0 Å². The van der Waals surface area contributed by atoms with Crippen LogP contribution in [-0.2, 0) is 0 Å². The summed E-state index contributed by atoms with van der Waals surface area (Å²) < 4.78 is 13.5. The molecule has 1 N–H and O–H groups in total. The third-order valence-electron chi connectivity index (χ3n) is 3.34. The summed E-state index contributed by atoms with van der Waals surface area (Å²) in [5.74, 6) is -0.383. The molecule has 0 radical (unpaired) electrons. The van der Waals surface area contributed by atoms with Crippen LogP contribution in [-0.4, -0.2) is 36.5 Å². The Balaban J connectivity index is 2.18. The molecule has 18 heavy (non-hydrogen) atoms. The van der Waals surface area contributed by atoms with Crippen LogP contribution in [0.25, 0.3) is 0 Å². The van der Waals surface area contributed by atoms with Crippen LogP contribution < -0.4 is 5.32 Å². The molecule has 2 rings (SSSR count). The molecule has 0 bridgehead atoms. The fourth-order valence-corrected chi connectivity index (χ4v) is 2.08. The lowest BCUT2D eigenvalue weighted by Gasteiger charge is -2.38. The van der Waals surface area contributed by atoms with Gasteiger partial charge in [-0.3, -0.25) is 4.79 Å². The highest BCUT2D eigenvalue weighted by atomic mass is 19.1. The van der Waals surface area contributed by atoms with Crippen LogP contribution in [0.4, 0.5) is 4.39 Å². The first-order valence-electron chi connectivity index (χ1n) is 6.41. The Hall–Kier alpha value is -1.42. The van der Waals surface area contributed by atoms with E-state index in [-0.39, 0.29) is 17.8 Å². The van der Waals surface area contributed by atoms with E-state index in [1.807, 2.05) is 11.8 Å². The minimum absolute atomic E-state index is 0.0674. The number of carbonyl (C=O) groups excluding carboxylic acids is 1. The Labute approximate surface area is 107 Å². The van der Waals surface area contributed by atoms with Gasteiger partial charge >= 0.3 is 0 Å². The van der Waals surface area contributed by atoms with E-state index in [0.717, 1.165) is 26.1 Å². The molecule has 0 atom stereocenters. The minimum Gasteiger partial charge on any atom is -0.333 e. The number of hydrogen-bond donors (Lipinski definition) is 1. The molecule has 4 heteroatoms. The van der Waals surface area contributed by atoms with Crippen molar-refractivity contribution >= 4 is 5.91 Å². The Morgan fingerprint density at radius 1 is 1.50 bits per heavy atom. The molecule has 1 aliphatic rings. The predicted octanol–water partition coefficient (Wildman–Crippen LogP) is 1.96. The first kappa shape index (κ1) is 13.0. The maximum atomic E-state index is 13.5. The molecule has 0 spiro atoms. The highest BCUT2D eigenvalue weighted by Crippen LogP contribution is 2.15. The topological polar surface area (TPSA) is 32.3 Å². The second-order valence-corrected chi connectivity index (χ2v) is 4.77. The molecule has 0 saturated carbocycles. The number of nitrogens with one attached hydrogen (secondary N) is 1. The number of amides is 1. The van der Waals surface area contributed by atoms with Crippen LogP contribution >= 0.6 is 0 Å². The second kappa shape index (κ2) is 5.48. The lowest BCUT2D eigenvalue weighted by Crippen LogP contribution is -2.59. The molecule has 3 nitrogen and oxygen atoms in total. The van der Waals surface area contributed by atoms with Gasteiger partial charge in [0.1, 0.15) is 5.82 Å². The molecule has 0 unspecified atom stereocenters. The van der Waals surface area contributed by atoms with Crippen molar-refractivity contribution in [1.82, 2.24) is 10.2 Å². The Morgan fingerprint density at radius 3 is 2.72 bits per heavy atom. The van der Waals surface area contributed by atoms with Gasteiger partial charge in [-0.2, -0.15) is 0 Å². The highest BCUT2D eigenvalue weighted by molar-refractivity contribution is 5.94. The standard InChI is InChI=1S/C14H19FN2O/c1-3-6-17(12-8-16-9-12)14(18)11-5-4-10(2)13(15)7-11/h4-5,7,12,16H,3,6,8-9H2,1-2H3. The van der Waals surface area contributed by atoms with Crippen molar-refractivity contribution in [3.63, 3.8) is 0 Å². The first-order valence-corrected chi connectivity index (χ1v) is 6.41. The molecule has 98 valence electrons. The zero-order valence-corrected chi connectivity index (χ0v) is 10.9. The molecular formula is C14H19FN2O. The molecule has 1 aromatic carbocycles. The maximum absolute atomic E-state index is 13.5. The number of benzene rings is 1. The van der Waals surface area contributed by atoms with Crippen LogP contribution in [0, 0.1) is 12.7 Å². The fourth-order valence-electron chi connectivity index (χ4n) is 2.08.